The van der Waals surface area contributed by atoms with E-state index in [2.05, 4.69) is 25.9 Å². The Balaban J connectivity index is 1.56. The lowest BCUT2D eigenvalue weighted by Gasteiger charge is -2.12. The monoisotopic (exact) mass is 397 g/mol. The van der Waals surface area contributed by atoms with Crippen LogP contribution in [0, 0.1) is 0 Å². The fraction of sp³-hybridized carbons (Fsp3) is 0.105. The lowest BCUT2D eigenvalue weighted by Crippen LogP contribution is -2.17. The lowest BCUT2D eigenvalue weighted by molar-refractivity contribution is 0.0963. The smallest absolute Gasteiger partial charge is 0.251 e. The summed E-state index contributed by atoms with van der Waals surface area (Å²) in [6.45, 7) is 0.141. The quantitative estimate of drug-likeness (QED) is 0.603. The highest BCUT2D eigenvalue weighted by atomic mass is 35.5. The minimum absolute atomic E-state index is 0.141. The first-order valence-electron chi connectivity index (χ1n) is 8.41. The Labute approximate surface area is 165 Å². The second kappa shape index (κ2) is 7.61. The molecule has 0 atom stereocenters. The molecule has 1 aliphatic rings. The average Bonchev–Trinajstić information content (AvgIpc) is 3.19. The standard InChI is InChI=1S/C19H16ClN5O3/c1-21-18(26)11-3-2-4-12(9-11)23-19-22-8-7-15(25-19)24-16-13(20)5-6-14-17(16)28-10-27-14/h2-9H,10H2,1H3,(H,21,26)(H2,22,23,24,25). The summed E-state index contributed by atoms with van der Waals surface area (Å²) in [5.41, 5.74) is 1.79. The summed E-state index contributed by atoms with van der Waals surface area (Å²) in [6.07, 6.45) is 1.61. The van der Waals surface area contributed by atoms with Gasteiger partial charge < -0.3 is 25.4 Å². The number of carbonyl (C=O) groups is 1. The number of fused-ring (bicyclic) bond motifs is 1. The number of ether oxygens (including phenoxy) is 2. The number of halogens is 1. The predicted molar refractivity (Wildman–Crippen MR) is 106 cm³/mol. The van der Waals surface area contributed by atoms with Crippen LogP contribution in [0.15, 0.2) is 48.7 Å². The number of nitrogens with zero attached hydrogens (tertiary/aromatic N) is 2. The van der Waals surface area contributed by atoms with Crippen LogP contribution in [0.5, 0.6) is 11.5 Å². The molecule has 0 fully saturated rings. The van der Waals surface area contributed by atoms with E-state index < -0.39 is 0 Å². The minimum Gasteiger partial charge on any atom is -0.454 e. The van der Waals surface area contributed by atoms with Gasteiger partial charge in [-0.1, -0.05) is 17.7 Å². The molecule has 8 nitrogen and oxygen atoms in total. The van der Waals surface area contributed by atoms with Gasteiger partial charge in [0.15, 0.2) is 11.5 Å². The molecule has 0 unspecified atom stereocenters. The molecular weight excluding hydrogens is 382 g/mol. The number of benzene rings is 2. The number of hydrogen-bond donors (Lipinski definition) is 3. The maximum Gasteiger partial charge on any atom is 0.251 e. The highest BCUT2D eigenvalue weighted by Crippen LogP contribution is 2.44. The Morgan fingerprint density at radius 3 is 2.89 bits per heavy atom. The first-order valence-corrected chi connectivity index (χ1v) is 8.79. The molecule has 9 heteroatoms. The molecule has 2 heterocycles. The largest absolute Gasteiger partial charge is 0.454 e. The first-order chi connectivity index (χ1) is 13.6. The van der Waals surface area contributed by atoms with Crippen molar-refractivity contribution in [1.29, 1.82) is 0 Å². The Hall–Kier alpha value is -3.52. The van der Waals surface area contributed by atoms with Gasteiger partial charge in [0.25, 0.3) is 5.91 Å². The third kappa shape index (κ3) is 3.63. The molecule has 142 valence electrons. The summed E-state index contributed by atoms with van der Waals surface area (Å²) in [4.78, 5) is 20.4. The molecule has 1 amide bonds. The number of rotatable bonds is 5. The van der Waals surface area contributed by atoms with Crippen LogP contribution < -0.4 is 25.4 Å². The summed E-state index contributed by atoms with van der Waals surface area (Å²) < 4.78 is 10.9. The van der Waals surface area contributed by atoms with Crippen LogP contribution in [0.25, 0.3) is 0 Å². The third-order valence-corrected chi connectivity index (χ3v) is 4.32. The van der Waals surface area contributed by atoms with Gasteiger partial charge in [-0.3, -0.25) is 4.79 Å². The SMILES string of the molecule is CNC(=O)c1cccc(Nc2nccc(Nc3c(Cl)ccc4c3OCO4)n2)c1. The van der Waals surface area contributed by atoms with E-state index in [-0.39, 0.29) is 12.7 Å². The van der Waals surface area contributed by atoms with Crippen molar-refractivity contribution in [2.45, 2.75) is 0 Å². The highest BCUT2D eigenvalue weighted by Gasteiger charge is 2.21. The number of amides is 1. The summed E-state index contributed by atoms with van der Waals surface area (Å²) in [6, 6.07) is 12.2. The van der Waals surface area contributed by atoms with E-state index >= 15 is 0 Å². The van der Waals surface area contributed by atoms with E-state index in [1.54, 1.807) is 49.6 Å². The molecule has 0 aliphatic carbocycles. The Bertz CT molecular complexity index is 1040. The van der Waals surface area contributed by atoms with Crippen molar-refractivity contribution in [2.24, 2.45) is 0 Å². The molecular formula is C19H16ClN5O3. The molecule has 0 saturated heterocycles. The van der Waals surface area contributed by atoms with E-state index in [9.17, 15) is 4.79 Å². The van der Waals surface area contributed by atoms with Gasteiger partial charge in [-0.25, -0.2) is 4.98 Å². The lowest BCUT2D eigenvalue weighted by atomic mass is 10.2. The molecule has 0 bridgehead atoms. The Morgan fingerprint density at radius 2 is 2.04 bits per heavy atom. The highest BCUT2D eigenvalue weighted by molar-refractivity contribution is 6.33. The van der Waals surface area contributed by atoms with Gasteiger partial charge >= 0.3 is 0 Å². The zero-order valence-corrected chi connectivity index (χ0v) is 15.6. The molecule has 1 aliphatic heterocycles. The normalized spacial score (nSPS) is 11.8. The van der Waals surface area contributed by atoms with E-state index in [0.717, 1.165) is 0 Å². The first kappa shape index (κ1) is 17.9. The number of nitrogens with one attached hydrogen (secondary N) is 3. The number of carbonyl (C=O) groups excluding carboxylic acids is 1. The van der Waals surface area contributed by atoms with E-state index in [1.165, 1.54) is 0 Å². The number of anilines is 4. The van der Waals surface area contributed by atoms with E-state index in [1.807, 2.05) is 6.07 Å². The van der Waals surface area contributed by atoms with Crippen LogP contribution in [0.2, 0.25) is 5.02 Å². The van der Waals surface area contributed by atoms with Gasteiger partial charge in [-0.05, 0) is 36.4 Å². The summed E-state index contributed by atoms with van der Waals surface area (Å²) >= 11 is 6.29. The molecule has 3 N–H and O–H groups in total. The van der Waals surface area contributed by atoms with Gasteiger partial charge in [-0.2, -0.15) is 4.98 Å². The van der Waals surface area contributed by atoms with E-state index in [4.69, 9.17) is 21.1 Å². The zero-order valence-electron chi connectivity index (χ0n) is 14.8. The summed E-state index contributed by atoms with van der Waals surface area (Å²) in [7, 11) is 1.58. The van der Waals surface area contributed by atoms with Crippen LogP contribution >= 0.6 is 11.6 Å². The Morgan fingerprint density at radius 1 is 1.14 bits per heavy atom. The molecule has 3 aromatic rings. The maximum absolute atomic E-state index is 11.8. The van der Waals surface area contributed by atoms with Gasteiger partial charge in [0.1, 0.15) is 11.5 Å². The molecule has 0 spiro atoms. The summed E-state index contributed by atoms with van der Waals surface area (Å²) in [5.74, 6) is 1.87. The zero-order chi connectivity index (χ0) is 19.5. The van der Waals surface area contributed by atoms with Crippen LogP contribution in [0.4, 0.5) is 23.1 Å². The Kier molecular flexibility index (Phi) is 4.86. The van der Waals surface area contributed by atoms with Crippen molar-refractivity contribution in [3.8, 4) is 11.5 Å². The van der Waals surface area contributed by atoms with Crippen LogP contribution in [0.1, 0.15) is 10.4 Å². The molecule has 1 aromatic heterocycles. The van der Waals surface area contributed by atoms with Crippen LogP contribution in [-0.2, 0) is 0 Å². The molecule has 4 rings (SSSR count). The fourth-order valence-electron chi connectivity index (χ4n) is 2.69. The number of aromatic nitrogens is 2. The molecule has 0 radical (unpaired) electrons. The molecule has 2 aromatic carbocycles. The maximum atomic E-state index is 11.8. The predicted octanol–water partition coefficient (Wildman–Crippen LogP) is 3.71. The number of hydrogen-bond acceptors (Lipinski definition) is 7. The molecule has 28 heavy (non-hydrogen) atoms. The second-order valence-electron chi connectivity index (χ2n) is 5.83. The van der Waals surface area contributed by atoms with Crippen molar-refractivity contribution in [2.75, 3.05) is 24.5 Å². The fourth-order valence-corrected chi connectivity index (χ4v) is 2.89. The second-order valence-corrected chi connectivity index (χ2v) is 6.24. The van der Waals surface area contributed by atoms with Crippen molar-refractivity contribution in [3.05, 3.63) is 59.2 Å². The van der Waals surface area contributed by atoms with Crippen molar-refractivity contribution in [3.63, 3.8) is 0 Å². The van der Waals surface area contributed by atoms with Crippen molar-refractivity contribution < 1.29 is 14.3 Å². The van der Waals surface area contributed by atoms with Crippen molar-refractivity contribution in [1.82, 2.24) is 15.3 Å². The van der Waals surface area contributed by atoms with Gasteiger partial charge in [0.2, 0.25) is 12.7 Å². The van der Waals surface area contributed by atoms with Gasteiger partial charge in [-0.15, -0.1) is 0 Å². The minimum atomic E-state index is -0.172. The van der Waals surface area contributed by atoms with Crippen LogP contribution in [0.3, 0.4) is 0 Å². The average molecular weight is 398 g/mol. The molecule has 0 saturated carbocycles. The topological polar surface area (TPSA) is 97.4 Å². The van der Waals surface area contributed by atoms with Gasteiger partial charge in [0, 0.05) is 24.5 Å². The van der Waals surface area contributed by atoms with Crippen molar-refractivity contribution >= 4 is 40.6 Å². The van der Waals surface area contributed by atoms with E-state index in [0.29, 0.717) is 45.2 Å². The van der Waals surface area contributed by atoms with Gasteiger partial charge in [0.05, 0.1) is 5.02 Å². The summed E-state index contributed by atoms with van der Waals surface area (Å²) in [5, 5.41) is 9.30. The third-order valence-electron chi connectivity index (χ3n) is 4.01. The van der Waals surface area contributed by atoms with Crippen LogP contribution in [-0.4, -0.2) is 29.7 Å².